The molecule has 0 heterocycles. The van der Waals surface area contributed by atoms with Crippen LogP contribution in [0.15, 0.2) is 82.4 Å². The van der Waals surface area contributed by atoms with Gasteiger partial charge in [0.2, 0.25) is 0 Å². The van der Waals surface area contributed by atoms with Gasteiger partial charge < -0.3 is 9.47 Å². The number of carbonyl (C=O) groups is 1. The summed E-state index contributed by atoms with van der Waals surface area (Å²) in [5.74, 6) is 0.637. The van der Waals surface area contributed by atoms with E-state index < -0.39 is 10.8 Å². The zero-order chi connectivity index (χ0) is 23.6. The summed E-state index contributed by atoms with van der Waals surface area (Å²) >= 11 is 3.49. The van der Waals surface area contributed by atoms with Crippen LogP contribution in [0, 0.1) is 10.1 Å². The van der Waals surface area contributed by atoms with Crippen molar-refractivity contribution in [3.05, 3.63) is 104 Å². The first-order valence-electron chi connectivity index (χ1n) is 9.76. The van der Waals surface area contributed by atoms with Crippen molar-refractivity contribution in [3.8, 4) is 11.5 Å². The molecule has 1 N–H and O–H groups in total. The number of hydrogen-bond donors (Lipinski definition) is 1. The molecule has 0 aromatic heterocycles. The second kappa shape index (κ2) is 11.6. The van der Waals surface area contributed by atoms with Gasteiger partial charge in [0.1, 0.15) is 6.61 Å². The van der Waals surface area contributed by atoms with Crippen molar-refractivity contribution in [1.29, 1.82) is 0 Å². The Morgan fingerprint density at radius 3 is 2.52 bits per heavy atom. The first-order chi connectivity index (χ1) is 16.0. The molecule has 0 radical (unpaired) electrons. The molecule has 0 saturated carbocycles. The van der Waals surface area contributed by atoms with Crippen LogP contribution >= 0.6 is 15.9 Å². The van der Waals surface area contributed by atoms with E-state index in [1.165, 1.54) is 30.5 Å². The summed E-state index contributed by atoms with van der Waals surface area (Å²) in [6.45, 7) is 0.389. The third-order valence-electron chi connectivity index (χ3n) is 4.40. The molecule has 0 saturated heterocycles. The Balaban J connectivity index is 1.60. The van der Waals surface area contributed by atoms with Crippen molar-refractivity contribution in [2.75, 3.05) is 7.11 Å². The normalized spacial score (nSPS) is 11.0. The molecule has 0 atom stereocenters. The molecule has 3 rings (SSSR count). The van der Waals surface area contributed by atoms with Gasteiger partial charge in [-0.2, -0.15) is 5.10 Å². The number of nitrogens with one attached hydrogen (secondary N) is 1. The lowest BCUT2D eigenvalue weighted by Gasteiger charge is -2.13. The molecule has 9 heteroatoms. The number of halogens is 1. The number of benzene rings is 3. The minimum Gasteiger partial charge on any atom is -0.493 e. The molecule has 0 fully saturated rings. The molecule has 168 valence electrons. The number of methoxy groups -OCH3 is 1. The fourth-order valence-corrected chi connectivity index (χ4v) is 3.35. The number of ether oxygens (including phenoxy) is 2. The first-order valence-corrected chi connectivity index (χ1v) is 10.6. The Morgan fingerprint density at radius 1 is 1.12 bits per heavy atom. The third-order valence-corrected chi connectivity index (χ3v) is 4.99. The van der Waals surface area contributed by atoms with Crippen molar-refractivity contribution in [2.45, 2.75) is 6.61 Å². The lowest BCUT2D eigenvalue weighted by molar-refractivity contribution is -0.384. The highest BCUT2D eigenvalue weighted by Gasteiger charge is 2.11. The fourth-order valence-electron chi connectivity index (χ4n) is 2.77. The summed E-state index contributed by atoms with van der Waals surface area (Å²) in [5.41, 5.74) is 4.75. The zero-order valence-electron chi connectivity index (χ0n) is 17.6. The monoisotopic (exact) mass is 509 g/mol. The Kier molecular flexibility index (Phi) is 8.31. The van der Waals surface area contributed by atoms with Crippen molar-refractivity contribution in [2.24, 2.45) is 5.10 Å². The predicted molar refractivity (Wildman–Crippen MR) is 129 cm³/mol. The molecule has 8 nitrogen and oxygen atoms in total. The van der Waals surface area contributed by atoms with Crippen molar-refractivity contribution in [3.63, 3.8) is 0 Å². The van der Waals surface area contributed by atoms with Crippen LogP contribution in [0.25, 0.3) is 6.08 Å². The molecule has 0 aliphatic carbocycles. The topological polar surface area (TPSA) is 103 Å². The number of rotatable bonds is 9. The average molecular weight is 510 g/mol. The van der Waals surface area contributed by atoms with E-state index in [2.05, 4.69) is 26.5 Å². The summed E-state index contributed by atoms with van der Waals surface area (Å²) in [5, 5.41) is 14.6. The number of nitrogens with zero attached hydrogens (tertiary/aromatic N) is 2. The van der Waals surface area contributed by atoms with Gasteiger partial charge >= 0.3 is 0 Å². The van der Waals surface area contributed by atoms with E-state index in [-0.39, 0.29) is 5.69 Å². The van der Waals surface area contributed by atoms with E-state index >= 15 is 0 Å². The summed E-state index contributed by atoms with van der Waals surface area (Å²) in [4.78, 5) is 22.2. The molecule has 0 aliphatic rings. The van der Waals surface area contributed by atoms with Gasteiger partial charge in [0.25, 0.3) is 11.6 Å². The summed E-state index contributed by atoms with van der Waals surface area (Å²) in [7, 11) is 1.54. The van der Waals surface area contributed by atoms with Gasteiger partial charge in [-0.3, -0.25) is 14.9 Å². The van der Waals surface area contributed by atoms with Crippen LogP contribution in [0.1, 0.15) is 16.7 Å². The number of amides is 1. The van der Waals surface area contributed by atoms with Gasteiger partial charge in [-0.25, -0.2) is 5.43 Å². The highest BCUT2D eigenvalue weighted by molar-refractivity contribution is 9.10. The molecule has 0 aliphatic heterocycles. The molecule has 33 heavy (non-hydrogen) atoms. The quantitative estimate of drug-likeness (QED) is 0.187. The standard InChI is InChI=1S/C24H20BrN3O5/c1-32-22-14-19(13-21(25)24(22)33-16-18-5-3-2-4-6-18)15-26-27-23(29)12-9-17-7-10-20(11-8-17)28(30)31/h2-15H,16H2,1H3,(H,27,29)/b12-9+,26-15-. The Morgan fingerprint density at radius 2 is 1.85 bits per heavy atom. The lowest BCUT2D eigenvalue weighted by Crippen LogP contribution is -2.14. The van der Waals surface area contributed by atoms with Gasteiger partial charge in [0.05, 0.1) is 22.7 Å². The third kappa shape index (κ3) is 7.01. The molecule has 3 aromatic rings. The SMILES string of the molecule is COc1cc(/C=N\NC(=O)/C=C/c2ccc([N+](=O)[O-])cc2)cc(Br)c1OCc1ccccc1. The highest BCUT2D eigenvalue weighted by Crippen LogP contribution is 2.36. The van der Waals surface area contributed by atoms with Gasteiger partial charge in [0.15, 0.2) is 11.5 Å². The molecule has 0 spiro atoms. The van der Waals surface area contributed by atoms with Gasteiger partial charge in [0, 0.05) is 18.2 Å². The summed E-state index contributed by atoms with van der Waals surface area (Å²) in [6.07, 6.45) is 4.30. The van der Waals surface area contributed by atoms with Crippen LogP contribution in [0.4, 0.5) is 5.69 Å². The molecule has 1 amide bonds. The Bertz CT molecular complexity index is 1180. The fraction of sp³-hybridized carbons (Fsp3) is 0.0833. The van der Waals surface area contributed by atoms with Crippen LogP contribution in [-0.4, -0.2) is 24.2 Å². The van der Waals surface area contributed by atoms with E-state index in [1.54, 1.807) is 31.4 Å². The number of nitro benzene ring substituents is 1. The molecule has 0 bridgehead atoms. The maximum absolute atomic E-state index is 12.0. The van der Waals surface area contributed by atoms with Gasteiger partial charge in [-0.15, -0.1) is 0 Å². The molecular formula is C24H20BrN3O5. The van der Waals surface area contributed by atoms with Gasteiger partial charge in [-0.1, -0.05) is 30.3 Å². The number of hydrogen-bond acceptors (Lipinski definition) is 6. The average Bonchev–Trinajstić information content (AvgIpc) is 2.82. The van der Waals surface area contributed by atoms with E-state index in [0.29, 0.717) is 33.7 Å². The molecule has 3 aromatic carbocycles. The van der Waals surface area contributed by atoms with E-state index in [4.69, 9.17) is 9.47 Å². The minimum absolute atomic E-state index is 0.0146. The smallest absolute Gasteiger partial charge is 0.269 e. The Labute approximate surface area is 198 Å². The predicted octanol–water partition coefficient (Wildman–Crippen LogP) is 5.11. The number of nitro groups is 1. The van der Waals surface area contributed by atoms with Crippen LogP contribution in [0.3, 0.4) is 0 Å². The largest absolute Gasteiger partial charge is 0.493 e. The maximum atomic E-state index is 12.0. The van der Waals surface area contributed by atoms with Gasteiger partial charge in [-0.05, 0) is 63.0 Å². The van der Waals surface area contributed by atoms with Crippen LogP contribution < -0.4 is 14.9 Å². The van der Waals surface area contributed by atoms with E-state index in [9.17, 15) is 14.9 Å². The van der Waals surface area contributed by atoms with Crippen LogP contribution in [0.5, 0.6) is 11.5 Å². The van der Waals surface area contributed by atoms with Crippen molar-refractivity contribution < 1.29 is 19.2 Å². The summed E-state index contributed by atoms with van der Waals surface area (Å²) < 4.78 is 12.0. The highest BCUT2D eigenvalue weighted by atomic mass is 79.9. The minimum atomic E-state index is -0.482. The maximum Gasteiger partial charge on any atom is 0.269 e. The second-order valence-corrected chi connectivity index (χ2v) is 7.58. The Hall–Kier alpha value is -3.98. The van der Waals surface area contributed by atoms with E-state index in [0.717, 1.165) is 5.56 Å². The molecular weight excluding hydrogens is 490 g/mol. The van der Waals surface area contributed by atoms with Crippen molar-refractivity contribution in [1.82, 2.24) is 5.43 Å². The van der Waals surface area contributed by atoms with Crippen LogP contribution in [0.2, 0.25) is 0 Å². The van der Waals surface area contributed by atoms with E-state index in [1.807, 2.05) is 30.3 Å². The zero-order valence-corrected chi connectivity index (χ0v) is 19.2. The number of non-ortho nitro benzene ring substituents is 1. The van der Waals surface area contributed by atoms with Crippen molar-refractivity contribution >= 4 is 39.8 Å². The number of hydrazone groups is 1. The number of carbonyl (C=O) groups excluding carboxylic acids is 1. The molecule has 0 unspecified atom stereocenters. The van der Waals surface area contributed by atoms with Crippen LogP contribution in [-0.2, 0) is 11.4 Å². The lowest BCUT2D eigenvalue weighted by atomic mass is 10.2. The summed E-state index contributed by atoms with van der Waals surface area (Å²) in [6, 6.07) is 19.2. The first kappa shape index (κ1) is 23.7. The second-order valence-electron chi connectivity index (χ2n) is 6.72.